The summed E-state index contributed by atoms with van der Waals surface area (Å²) in [5, 5.41) is 1.51. The number of thiophene rings is 1. The highest BCUT2D eigenvalue weighted by atomic mass is 32.2. The van der Waals surface area contributed by atoms with Gasteiger partial charge in [-0.3, -0.25) is 9.69 Å². The summed E-state index contributed by atoms with van der Waals surface area (Å²) in [7, 11) is -3.80. The Balaban J connectivity index is 2.05. The van der Waals surface area contributed by atoms with Gasteiger partial charge in [0.25, 0.3) is 10.0 Å². The molecule has 0 spiro atoms. The number of hydrogen-bond acceptors (Lipinski definition) is 5. The molecule has 1 atom stereocenters. The van der Waals surface area contributed by atoms with Gasteiger partial charge in [-0.1, -0.05) is 36.0 Å². The van der Waals surface area contributed by atoms with Gasteiger partial charge in [0.05, 0.1) is 10.9 Å². The largest absolute Gasteiger partial charge is 0.294 e. The number of para-hydroxylation sites is 1. The molecule has 1 aliphatic heterocycles. The van der Waals surface area contributed by atoms with Crippen molar-refractivity contribution in [2.75, 3.05) is 4.90 Å². The summed E-state index contributed by atoms with van der Waals surface area (Å²) in [5.41, 5.74) is 0.615. The lowest BCUT2D eigenvalue weighted by molar-refractivity contribution is -0.116. The van der Waals surface area contributed by atoms with Crippen LogP contribution in [0.4, 0.5) is 5.69 Å². The average Bonchev–Trinajstić information content (AvgIpc) is 3.10. The standard InChI is InChI=1S/C14H12N2O3S3/c1-10-13(17)16(11-6-3-2-4-7-11)14(21-10)15-22(18,19)12-8-5-9-20-12/h2-10H,1H3/t10-/m1/s1. The van der Waals surface area contributed by atoms with Crippen LogP contribution in [0.5, 0.6) is 0 Å². The molecule has 0 unspecified atom stereocenters. The Labute approximate surface area is 136 Å². The molecule has 1 aromatic heterocycles. The van der Waals surface area contributed by atoms with E-state index in [1.807, 2.05) is 6.07 Å². The highest BCUT2D eigenvalue weighted by molar-refractivity contribution is 8.16. The molecule has 3 rings (SSSR count). The maximum atomic E-state index is 12.3. The first kappa shape index (κ1) is 15.3. The lowest BCUT2D eigenvalue weighted by Crippen LogP contribution is -2.31. The minimum Gasteiger partial charge on any atom is -0.273 e. The molecule has 2 heterocycles. The Kier molecular flexibility index (Phi) is 4.07. The van der Waals surface area contributed by atoms with Crippen LogP contribution in [-0.2, 0) is 14.8 Å². The minimum atomic E-state index is -3.80. The summed E-state index contributed by atoms with van der Waals surface area (Å²) in [6.07, 6.45) is 0. The lowest BCUT2D eigenvalue weighted by Gasteiger charge is -2.15. The number of anilines is 1. The van der Waals surface area contributed by atoms with Gasteiger partial charge in [0.15, 0.2) is 5.17 Å². The van der Waals surface area contributed by atoms with E-state index in [1.54, 1.807) is 42.6 Å². The van der Waals surface area contributed by atoms with E-state index in [2.05, 4.69) is 4.40 Å². The molecule has 5 nitrogen and oxygen atoms in total. The van der Waals surface area contributed by atoms with Crippen LogP contribution in [0.1, 0.15) is 6.92 Å². The molecule has 1 saturated heterocycles. The summed E-state index contributed by atoms with van der Waals surface area (Å²) in [6.45, 7) is 1.74. The number of amidine groups is 1. The van der Waals surface area contributed by atoms with Crippen molar-refractivity contribution in [3.63, 3.8) is 0 Å². The van der Waals surface area contributed by atoms with Crippen molar-refractivity contribution in [2.45, 2.75) is 16.4 Å². The number of rotatable bonds is 3. The topological polar surface area (TPSA) is 66.8 Å². The maximum absolute atomic E-state index is 12.3. The van der Waals surface area contributed by atoms with E-state index in [0.717, 1.165) is 23.1 Å². The normalized spacial score (nSPS) is 20.8. The number of amides is 1. The number of carbonyl (C=O) groups is 1. The SMILES string of the molecule is C[C@H]1SC(=NS(=O)(=O)c2cccs2)N(c2ccccc2)C1=O. The van der Waals surface area contributed by atoms with E-state index in [4.69, 9.17) is 0 Å². The van der Waals surface area contributed by atoms with Crippen molar-refractivity contribution in [1.29, 1.82) is 0 Å². The van der Waals surface area contributed by atoms with Crippen LogP contribution in [0.15, 0.2) is 56.5 Å². The molecule has 22 heavy (non-hydrogen) atoms. The Bertz CT molecular complexity index is 814. The highest BCUT2D eigenvalue weighted by Crippen LogP contribution is 2.33. The Morgan fingerprint density at radius 1 is 1.14 bits per heavy atom. The number of nitrogens with zero attached hydrogens (tertiary/aromatic N) is 2. The molecule has 0 aliphatic carbocycles. The molecule has 1 aromatic carbocycles. The Morgan fingerprint density at radius 2 is 1.86 bits per heavy atom. The highest BCUT2D eigenvalue weighted by Gasteiger charge is 2.37. The van der Waals surface area contributed by atoms with Gasteiger partial charge in [0.2, 0.25) is 5.91 Å². The first-order chi connectivity index (χ1) is 10.5. The van der Waals surface area contributed by atoms with E-state index < -0.39 is 10.0 Å². The van der Waals surface area contributed by atoms with Crippen molar-refractivity contribution < 1.29 is 13.2 Å². The van der Waals surface area contributed by atoms with Crippen molar-refractivity contribution >= 4 is 49.9 Å². The van der Waals surface area contributed by atoms with Crippen LogP contribution in [0.25, 0.3) is 0 Å². The van der Waals surface area contributed by atoms with Crippen LogP contribution < -0.4 is 4.90 Å². The fourth-order valence-electron chi connectivity index (χ4n) is 1.97. The third-order valence-corrected chi connectivity index (χ3v) is 6.80. The molecular weight excluding hydrogens is 340 g/mol. The zero-order chi connectivity index (χ0) is 15.7. The van der Waals surface area contributed by atoms with Gasteiger partial charge in [-0.25, -0.2) is 0 Å². The van der Waals surface area contributed by atoms with E-state index in [1.165, 1.54) is 11.0 Å². The lowest BCUT2D eigenvalue weighted by atomic mass is 10.3. The molecule has 8 heteroatoms. The fourth-order valence-corrected chi connectivity index (χ4v) is 5.10. The third kappa shape index (κ3) is 2.81. The van der Waals surface area contributed by atoms with Gasteiger partial charge in [-0.2, -0.15) is 8.42 Å². The van der Waals surface area contributed by atoms with Gasteiger partial charge in [0.1, 0.15) is 4.21 Å². The first-order valence-electron chi connectivity index (χ1n) is 6.43. The predicted octanol–water partition coefficient (Wildman–Crippen LogP) is 2.96. The molecule has 0 radical (unpaired) electrons. The van der Waals surface area contributed by atoms with Crippen molar-refractivity contribution in [1.82, 2.24) is 0 Å². The van der Waals surface area contributed by atoms with Gasteiger partial charge in [-0.15, -0.1) is 15.7 Å². The van der Waals surface area contributed by atoms with Gasteiger partial charge >= 0.3 is 0 Å². The number of benzene rings is 1. The van der Waals surface area contributed by atoms with Crippen molar-refractivity contribution in [3.8, 4) is 0 Å². The predicted molar refractivity (Wildman–Crippen MR) is 89.9 cm³/mol. The number of thioether (sulfide) groups is 1. The second-order valence-electron chi connectivity index (χ2n) is 4.55. The molecule has 114 valence electrons. The molecule has 0 saturated carbocycles. The fraction of sp³-hybridized carbons (Fsp3) is 0.143. The van der Waals surface area contributed by atoms with Gasteiger partial charge in [0, 0.05) is 0 Å². The summed E-state index contributed by atoms with van der Waals surface area (Å²) in [5.74, 6) is -0.170. The first-order valence-corrected chi connectivity index (χ1v) is 9.63. The average molecular weight is 352 g/mol. The molecule has 0 N–H and O–H groups in total. The second kappa shape index (κ2) is 5.86. The summed E-state index contributed by atoms with van der Waals surface area (Å²) < 4.78 is 28.7. The third-order valence-electron chi connectivity index (χ3n) is 3.00. The zero-order valence-corrected chi connectivity index (χ0v) is 14.0. The number of sulfonamides is 1. The molecule has 1 aliphatic rings. The van der Waals surface area contributed by atoms with Gasteiger partial charge < -0.3 is 0 Å². The summed E-state index contributed by atoms with van der Waals surface area (Å²) >= 11 is 2.26. The van der Waals surface area contributed by atoms with E-state index >= 15 is 0 Å². The van der Waals surface area contributed by atoms with Crippen LogP contribution in [-0.4, -0.2) is 24.7 Å². The molecule has 0 bridgehead atoms. The number of carbonyl (C=O) groups excluding carboxylic acids is 1. The summed E-state index contributed by atoms with van der Waals surface area (Å²) in [6, 6.07) is 12.1. The molecule has 1 fully saturated rings. The number of hydrogen-bond donors (Lipinski definition) is 0. The quantitative estimate of drug-likeness (QED) is 0.852. The molecule has 1 amide bonds. The van der Waals surface area contributed by atoms with Crippen LogP contribution in [0.3, 0.4) is 0 Å². The maximum Gasteiger partial charge on any atom is 0.294 e. The van der Waals surface area contributed by atoms with Crippen molar-refractivity contribution in [2.24, 2.45) is 4.40 Å². The van der Waals surface area contributed by atoms with Crippen LogP contribution >= 0.6 is 23.1 Å². The summed E-state index contributed by atoms with van der Waals surface area (Å²) in [4.78, 5) is 13.7. The second-order valence-corrected chi connectivity index (χ2v) is 8.64. The Morgan fingerprint density at radius 3 is 2.50 bits per heavy atom. The molecular formula is C14H12N2O3S3. The monoisotopic (exact) mass is 352 g/mol. The van der Waals surface area contributed by atoms with Gasteiger partial charge in [-0.05, 0) is 30.5 Å². The van der Waals surface area contributed by atoms with E-state index in [0.29, 0.717) is 5.69 Å². The smallest absolute Gasteiger partial charge is 0.273 e. The van der Waals surface area contributed by atoms with E-state index in [-0.39, 0.29) is 20.5 Å². The van der Waals surface area contributed by atoms with E-state index in [9.17, 15) is 13.2 Å². The zero-order valence-electron chi connectivity index (χ0n) is 11.5. The minimum absolute atomic E-state index is 0.167. The van der Waals surface area contributed by atoms with Crippen molar-refractivity contribution in [3.05, 3.63) is 47.8 Å². The van der Waals surface area contributed by atoms with Crippen LogP contribution in [0, 0.1) is 0 Å². The Hall–Kier alpha value is -1.64. The van der Waals surface area contributed by atoms with Crippen LogP contribution in [0.2, 0.25) is 0 Å². The molecule has 2 aromatic rings.